The van der Waals surface area contributed by atoms with Gasteiger partial charge in [-0.05, 0) is 44.9 Å². The Bertz CT molecular complexity index is 652. The quantitative estimate of drug-likeness (QED) is 0.940. The van der Waals surface area contributed by atoms with Crippen molar-refractivity contribution in [3.8, 4) is 0 Å². The molecule has 1 saturated heterocycles. The van der Waals surface area contributed by atoms with E-state index in [1.807, 2.05) is 29.0 Å². The first-order chi connectivity index (χ1) is 11.1. The van der Waals surface area contributed by atoms with E-state index in [1.165, 1.54) is 0 Å². The second-order valence-electron chi connectivity index (χ2n) is 6.20. The number of anilines is 1. The van der Waals surface area contributed by atoms with E-state index in [0.717, 1.165) is 31.9 Å². The van der Waals surface area contributed by atoms with Gasteiger partial charge >= 0.3 is 0 Å². The van der Waals surface area contributed by atoms with E-state index in [4.69, 9.17) is 0 Å². The Morgan fingerprint density at radius 3 is 2.83 bits per heavy atom. The molecule has 1 atom stereocenters. The Hall–Kier alpha value is -2.37. The zero-order chi connectivity index (χ0) is 16.2. The van der Waals surface area contributed by atoms with Crippen molar-refractivity contribution in [1.82, 2.24) is 19.9 Å². The van der Waals surface area contributed by atoms with Crippen LogP contribution in [0.5, 0.6) is 0 Å². The lowest BCUT2D eigenvalue weighted by atomic mass is 10.1. The maximum atomic E-state index is 12.6. The van der Waals surface area contributed by atoms with Gasteiger partial charge in [0.15, 0.2) is 0 Å². The molecule has 1 amide bonds. The van der Waals surface area contributed by atoms with Gasteiger partial charge in [-0.1, -0.05) is 0 Å². The summed E-state index contributed by atoms with van der Waals surface area (Å²) in [5.41, 5.74) is 0.716. The van der Waals surface area contributed by atoms with E-state index >= 15 is 0 Å². The molecule has 1 N–H and O–H groups in total. The molecular formula is C17H23N5O. The third kappa shape index (κ3) is 3.52. The van der Waals surface area contributed by atoms with Crippen LogP contribution in [0.25, 0.3) is 0 Å². The fourth-order valence-electron chi connectivity index (χ4n) is 3.03. The highest BCUT2D eigenvalue weighted by atomic mass is 16.2. The van der Waals surface area contributed by atoms with E-state index in [9.17, 15) is 4.79 Å². The maximum absolute atomic E-state index is 12.6. The van der Waals surface area contributed by atoms with Gasteiger partial charge in [-0.3, -0.25) is 4.79 Å². The number of nitrogens with one attached hydrogen (secondary N) is 1. The number of hydrogen-bond donors (Lipinski definition) is 1. The molecule has 0 saturated carbocycles. The average molecular weight is 313 g/mol. The van der Waals surface area contributed by atoms with Gasteiger partial charge in [0.05, 0.1) is 0 Å². The van der Waals surface area contributed by atoms with Gasteiger partial charge in [-0.15, -0.1) is 0 Å². The van der Waals surface area contributed by atoms with E-state index < -0.39 is 0 Å². The molecule has 2 aromatic rings. The number of amides is 1. The minimum atomic E-state index is -0.00969. The molecule has 2 aromatic heterocycles. The first-order valence-corrected chi connectivity index (χ1v) is 8.15. The van der Waals surface area contributed by atoms with Crippen molar-refractivity contribution in [3.05, 3.63) is 42.5 Å². The highest BCUT2D eigenvalue weighted by Crippen LogP contribution is 2.16. The van der Waals surface area contributed by atoms with Gasteiger partial charge in [0, 0.05) is 43.8 Å². The molecule has 0 bridgehead atoms. The predicted molar refractivity (Wildman–Crippen MR) is 89.6 cm³/mol. The zero-order valence-corrected chi connectivity index (χ0v) is 13.6. The second-order valence-corrected chi connectivity index (χ2v) is 6.20. The molecule has 0 aromatic carbocycles. The van der Waals surface area contributed by atoms with Crippen LogP contribution in [0.1, 0.15) is 43.2 Å². The van der Waals surface area contributed by atoms with Crippen molar-refractivity contribution >= 4 is 11.9 Å². The lowest BCUT2D eigenvalue weighted by Gasteiger charge is -2.33. The monoisotopic (exact) mass is 313 g/mol. The van der Waals surface area contributed by atoms with Crippen molar-refractivity contribution < 1.29 is 4.79 Å². The fourth-order valence-corrected chi connectivity index (χ4v) is 3.03. The Labute approximate surface area is 136 Å². The summed E-state index contributed by atoms with van der Waals surface area (Å²) in [5, 5.41) is 3.16. The SMILES string of the molecule is CC(C)n1cccc1C(=O)NC1CCCN(c2ncccn2)C1. The number of carbonyl (C=O) groups excluding carboxylic acids is 1. The van der Waals surface area contributed by atoms with Gasteiger partial charge in [0.1, 0.15) is 5.69 Å². The van der Waals surface area contributed by atoms with Gasteiger partial charge in [0.2, 0.25) is 5.95 Å². The molecule has 0 radical (unpaired) electrons. The number of aromatic nitrogens is 3. The highest BCUT2D eigenvalue weighted by molar-refractivity contribution is 5.93. The van der Waals surface area contributed by atoms with Crippen molar-refractivity contribution in [3.63, 3.8) is 0 Å². The van der Waals surface area contributed by atoms with Gasteiger partial charge < -0.3 is 14.8 Å². The first-order valence-electron chi connectivity index (χ1n) is 8.15. The number of rotatable bonds is 4. The summed E-state index contributed by atoms with van der Waals surface area (Å²) in [6, 6.07) is 5.99. The summed E-state index contributed by atoms with van der Waals surface area (Å²) in [7, 11) is 0. The predicted octanol–water partition coefficient (Wildman–Crippen LogP) is 2.26. The lowest BCUT2D eigenvalue weighted by molar-refractivity contribution is 0.0922. The molecule has 6 heteroatoms. The largest absolute Gasteiger partial charge is 0.346 e. The number of nitrogens with zero attached hydrogens (tertiary/aromatic N) is 4. The van der Waals surface area contributed by atoms with Crippen LogP contribution in [0.4, 0.5) is 5.95 Å². The third-order valence-electron chi connectivity index (χ3n) is 4.16. The molecule has 1 aliphatic heterocycles. The molecule has 6 nitrogen and oxygen atoms in total. The smallest absolute Gasteiger partial charge is 0.268 e. The normalized spacial score (nSPS) is 18.2. The molecule has 3 rings (SSSR count). The highest BCUT2D eigenvalue weighted by Gasteiger charge is 2.24. The third-order valence-corrected chi connectivity index (χ3v) is 4.16. The van der Waals surface area contributed by atoms with Crippen LogP contribution in [-0.2, 0) is 0 Å². The summed E-state index contributed by atoms with van der Waals surface area (Å²) in [6.07, 6.45) is 7.45. The minimum absolute atomic E-state index is 0.00969. The van der Waals surface area contributed by atoms with E-state index in [-0.39, 0.29) is 18.0 Å². The summed E-state index contributed by atoms with van der Waals surface area (Å²) in [4.78, 5) is 23.3. The van der Waals surface area contributed by atoms with Crippen LogP contribution >= 0.6 is 0 Å². The first kappa shape index (κ1) is 15.5. The van der Waals surface area contributed by atoms with Gasteiger partial charge in [-0.25, -0.2) is 9.97 Å². The molecule has 0 aliphatic carbocycles. The van der Waals surface area contributed by atoms with E-state index in [2.05, 4.69) is 34.0 Å². The minimum Gasteiger partial charge on any atom is -0.346 e. The summed E-state index contributed by atoms with van der Waals surface area (Å²) in [5.74, 6) is 0.724. The molecular weight excluding hydrogens is 290 g/mol. The zero-order valence-electron chi connectivity index (χ0n) is 13.6. The lowest BCUT2D eigenvalue weighted by Crippen LogP contribution is -2.48. The standard InChI is InChI=1S/C17H23N5O/c1-13(2)22-11-4-7-15(22)16(23)20-14-6-3-10-21(12-14)17-18-8-5-9-19-17/h4-5,7-9,11,13-14H,3,6,10,12H2,1-2H3,(H,20,23). The number of piperidine rings is 1. The number of hydrogen-bond acceptors (Lipinski definition) is 4. The summed E-state index contributed by atoms with van der Waals surface area (Å²) in [6.45, 7) is 5.83. The average Bonchev–Trinajstić information content (AvgIpc) is 3.06. The number of carbonyl (C=O) groups is 1. The molecule has 1 fully saturated rings. The van der Waals surface area contributed by atoms with Crippen LogP contribution in [0.2, 0.25) is 0 Å². The molecule has 3 heterocycles. The second kappa shape index (κ2) is 6.81. The van der Waals surface area contributed by atoms with Gasteiger partial charge in [0.25, 0.3) is 5.91 Å². The van der Waals surface area contributed by atoms with Gasteiger partial charge in [-0.2, -0.15) is 0 Å². The van der Waals surface area contributed by atoms with Crippen LogP contribution in [0.3, 0.4) is 0 Å². The summed E-state index contributed by atoms with van der Waals surface area (Å²) < 4.78 is 2.00. The Morgan fingerprint density at radius 2 is 2.09 bits per heavy atom. The molecule has 23 heavy (non-hydrogen) atoms. The Kier molecular flexibility index (Phi) is 4.60. The van der Waals surface area contributed by atoms with E-state index in [1.54, 1.807) is 12.4 Å². The van der Waals surface area contributed by atoms with E-state index in [0.29, 0.717) is 5.69 Å². The molecule has 0 spiro atoms. The molecule has 122 valence electrons. The topological polar surface area (TPSA) is 63.1 Å². The van der Waals surface area contributed by atoms with Crippen molar-refractivity contribution in [2.45, 2.75) is 38.8 Å². The Balaban J connectivity index is 1.66. The Morgan fingerprint density at radius 1 is 1.30 bits per heavy atom. The van der Waals surface area contributed by atoms with Crippen LogP contribution in [0.15, 0.2) is 36.8 Å². The summed E-state index contributed by atoms with van der Waals surface area (Å²) >= 11 is 0. The van der Waals surface area contributed by atoms with Crippen molar-refractivity contribution in [2.24, 2.45) is 0 Å². The fraction of sp³-hybridized carbons (Fsp3) is 0.471. The van der Waals surface area contributed by atoms with Crippen LogP contribution < -0.4 is 10.2 Å². The van der Waals surface area contributed by atoms with Crippen LogP contribution in [0, 0.1) is 0 Å². The van der Waals surface area contributed by atoms with Crippen molar-refractivity contribution in [2.75, 3.05) is 18.0 Å². The molecule has 1 unspecified atom stereocenters. The molecule has 1 aliphatic rings. The van der Waals surface area contributed by atoms with Crippen LogP contribution in [-0.4, -0.2) is 39.6 Å². The van der Waals surface area contributed by atoms with Crippen molar-refractivity contribution in [1.29, 1.82) is 0 Å². The maximum Gasteiger partial charge on any atom is 0.268 e.